The molecule has 0 aliphatic carbocycles. The number of hydrogen-bond donors (Lipinski definition) is 2. The van der Waals surface area contributed by atoms with Gasteiger partial charge in [-0.25, -0.2) is 0 Å². The maximum atomic E-state index is 12.8. The average molecular weight is 394 g/mol. The van der Waals surface area contributed by atoms with E-state index in [0.717, 1.165) is 15.6 Å². The topological polar surface area (TPSA) is 83.8 Å². The van der Waals surface area contributed by atoms with Crippen LogP contribution in [0.15, 0.2) is 53.9 Å². The molecule has 2 N–H and O–H groups in total. The minimum Gasteiger partial charge on any atom is -0.508 e. The first kappa shape index (κ1) is 18.3. The van der Waals surface area contributed by atoms with Gasteiger partial charge in [-0.3, -0.25) is 9.59 Å². The van der Waals surface area contributed by atoms with Crippen molar-refractivity contribution in [3.63, 3.8) is 0 Å². The fourth-order valence-electron chi connectivity index (χ4n) is 3.44. The molecule has 28 heavy (non-hydrogen) atoms. The monoisotopic (exact) mass is 394 g/mol. The highest BCUT2D eigenvalue weighted by Gasteiger charge is 2.31. The van der Waals surface area contributed by atoms with Gasteiger partial charge in [-0.05, 0) is 35.4 Å². The molecular weight excluding hydrogens is 376 g/mol. The number of hydrogen-bond acceptors (Lipinski definition) is 5. The number of carbonyl (C=O) groups excluding carboxylic acids is 1. The molecule has 2 heterocycles. The second kappa shape index (κ2) is 7.48. The Labute approximate surface area is 165 Å². The second-order valence-electron chi connectivity index (χ2n) is 6.63. The van der Waals surface area contributed by atoms with Crippen molar-refractivity contribution in [3.05, 3.63) is 70.6 Å². The van der Waals surface area contributed by atoms with E-state index in [-0.39, 0.29) is 30.8 Å². The standard InChI is InChI=1S/C22H18O5S/c23-17-10-9-15-18(24)11-19(16-12-28-20-7-3-1-5-13(16)20)27-22(15)14(17)6-2-4-8-21(25)26/h1-5,7,9-10,12,19,23H,6,8,11H2,(H,25,26)/b4-2+. The number of ether oxygens (including phenoxy) is 1. The molecule has 0 saturated carbocycles. The van der Waals surface area contributed by atoms with Crippen LogP contribution in [-0.4, -0.2) is 22.0 Å². The third-order valence-electron chi connectivity index (χ3n) is 4.81. The van der Waals surface area contributed by atoms with Crippen molar-refractivity contribution < 1.29 is 24.5 Å². The molecule has 142 valence electrons. The average Bonchev–Trinajstić information content (AvgIpc) is 3.10. The summed E-state index contributed by atoms with van der Waals surface area (Å²) in [4.78, 5) is 23.4. The van der Waals surface area contributed by atoms with Gasteiger partial charge in [-0.15, -0.1) is 11.3 Å². The summed E-state index contributed by atoms with van der Waals surface area (Å²) in [6.07, 6.45) is 3.20. The summed E-state index contributed by atoms with van der Waals surface area (Å²) in [5.74, 6) is -0.539. The quantitative estimate of drug-likeness (QED) is 0.602. The minimum absolute atomic E-state index is 0.0300. The largest absolute Gasteiger partial charge is 0.508 e. The van der Waals surface area contributed by atoms with Gasteiger partial charge in [0.2, 0.25) is 0 Å². The fraction of sp³-hybridized carbons (Fsp3) is 0.182. The fourth-order valence-corrected chi connectivity index (χ4v) is 4.44. The zero-order valence-electron chi connectivity index (χ0n) is 14.9. The first-order valence-corrected chi connectivity index (χ1v) is 9.80. The molecule has 0 amide bonds. The molecule has 1 aromatic heterocycles. The molecule has 1 atom stereocenters. The molecular formula is C22H18O5S. The van der Waals surface area contributed by atoms with E-state index < -0.39 is 12.1 Å². The van der Waals surface area contributed by atoms with Crippen LogP contribution in [0, 0.1) is 0 Å². The van der Waals surface area contributed by atoms with Gasteiger partial charge in [0.25, 0.3) is 0 Å². The molecule has 1 aliphatic heterocycles. The molecule has 5 nitrogen and oxygen atoms in total. The number of aromatic hydroxyl groups is 1. The highest BCUT2D eigenvalue weighted by Crippen LogP contribution is 2.43. The van der Waals surface area contributed by atoms with Crippen molar-refractivity contribution in [1.82, 2.24) is 0 Å². The van der Waals surface area contributed by atoms with Gasteiger partial charge in [-0.1, -0.05) is 30.4 Å². The predicted molar refractivity (Wildman–Crippen MR) is 107 cm³/mol. The minimum atomic E-state index is -0.925. The number of allylic oxidation sites excluding steroid dienone is 1. The van der Waals surface area contributed by atoms with Crippen LogP contribution in [0.4, 0.5) is 0 Å². The van der Waals surface area contributed by atoms with E-state index in [1.165, 1.54) is 12.1 Å². The Morgan fingerprint density at radius 1 is 1.21 bits per heavy atom. The van der Waals surface area contributed by atoms with E-state index in [2.05, 4.69) is 0 Å². The van der Waals surface area contributed by atoms with Crippen molar-refractivity contribution in [1.29, 1.82) is 0 Å². The number of ketones is 1. The number of carboxylic acid groups (broad SMARTS) is 1. The Morgan fingerprint density at radius 2 is 2.04 bits per heavy atom. The molecule has 0 radical (unpaired) electrons. The Bertz CT molecular complexity index is 1100. The lowest BCUT2D eigenvalue weighted by Crippen LogP contribution is -2.21. The van der Waals surface area contributed by atoms with Crippen molar-refractivity contribution in [2.45, 2.75) is 25.4 Å². The molecule has 6 heteroatoms. The third-order valence-corrected chi connectivity index (χ3v) is 5.79. The van der Waals surface area contributed by atoms with Gasteiger partial charge in [0, 0.05) is 15.8 Å². The molecule has 2 aromatic carbocycles. The lowest BCUT2D eigenvalue weighted by atomic mass is 9.93. The molecule has 1 aliphatic rings. The van der Waals surface area contributed by atoms with Crippen LogP contribution < -0.4 is 4.74 Å². The number of benzene rings is 2. The third kappa shape index (κ3) is 3.39. The van der Waals surface area contributed by atoms with Crippen LogP contribution in [0.1, 0.15) is 40.4 Å². The first-order valence-electron chi connectivity index (χ1n) is 8.92. The van der Waals surface area contributed by atoms with E-state index in [1.54, 1.807) is 23.5 Å². The first-order chi connectivity index (χ1) is 13.5. The number of fused-ring (bicyclic) bond motifs is 2. The molecule has 0 fully saturated rings. The van der Waals surface area contributed by atoms with E-state index in [1.807, 2.05) is 29.6 Å². The molecule has 0 spiro atoms. The zero-order valence-corrected chi connectivity index (χ0v) is 15.7. The molecule has 0 saturated heterocycles. The van der Waals surface area contributed by atoms with E-state index in [4.69, 9.17) is 9.84 Å². The van der Waals surface area contributed by atoms with Crippen molar-refractivity contribution in [3.8, 4) is 11.5 Å². The Kier molecular flexibility index (Phi) is 4.88. The lowest BCUT2D eigenvalue weighted by molar-refractivity contribution is -0.136. The van der Waals surface area contributed by atoms with Crippen LogP contribution >= 0.6 is 11.3 Å². The summed E-state index contributed by atoms with van der Waals surface area (Å²) in [6, 6.07) is 11.1. The maximum absolute atomic E-state index is 12.8. The normalized spacial score (nSPS) is 16.3. The molecule has 4 rings (SSSR count). The van der Waals surface area contributed by atoms with Crippen molar-refractivity contribution in [2.24, 2.45) is 0 Å². The summed E-state index contributed by atoms with van der Waals surface area (Å²) in [5, 5.41) is 22.1. The summed E-state index contributed by atoms with van der Waals surface area (Å²) in [5.41, 5.74) is 1.92. The lowest BCUT2D eigenvalue weighted by Gasteiger charge is -2.27. The van der Waals surface area contributed by atoms with Gasteiger partial charge < -0.3 is 14.9 Å². The van der Waals surface area contributed by atoms with Crippen LogP contribution in [0.2, 0.25) is 0 Å². The van der Waals surface area contributed by atoms with Crippen LogP contribution in [-0.2, 0) is 11.2 Å². The number of carbonyl (C=O) groups is 2. The molecule has 3 aromatic rings. The van der Waals surface area contributed by atoms with Gasteiger partial charge in [0.15, 0.2) is 5.78 Å². The Balaban J connectivity index is 1.69. The van der Waals surface area contributed by atoms with Crippen LogP contribution in [0.5, 0.6) is 11.5 Å². The highest BCUT2D eigenvalue weighted by atomic mass is 32.1. The number of phenolic OH excluding ortho intramolecular Hbond substituents is 1. The Hall–Kier alpha value is -3.12. The summed E-state index contributed by atoms with van der Waals surface area (Å²) in [6.45, 7) is 0. The van der Waals surface area contributed by atoms with Gasteiger partial charge in [0.1, 0.15) is 17.6 Å². The number of thiophene rings is 1. The number of carboxylic acids is 1. The number of aliphatic carboxylic acids is 1. The number of rotatable bonds is 5. The maximum Gasteiger partial charge on any atom is 0.307 e. The summed E-state index contributed by atoms with van der Waals surface area (Å²) >= 11 is 1.61. The smallest absolute Gasteiger partial charge is 0.307 e. The highest BCUT2D eigenvalue weighted by molar-refractivity contribution is 7.17. The summed E-state index contributed by atoms with van der Waals surface area (Å²) in [7, 11) is 0. The van der Waals surface area contributed by atoms with E-state index in [9.17, 15) is 14.7 Å². The SMILES string of the molecule is O=C(O)C/C=C/Cc1c(O)ccc2c1OC(c1csc3ccccc13)CC2=O. The summed E-state index contributed by atoms with van der Waals surface area (Å²) < 4.78 is 7.35. The van der Waals surface area contributed by atoms with Gasteiger partial charge in [0.05, 0.1) is 18.4 Å². The van der Waals surface area contributed by atoms with Gasteiger partial charge in [-0.2, -0.15) is 0 Å². The predicted octanol–water partition coefficient (Wildman–Crippen LogP) is 4.89. The van der Waals surface area contributed by atoms with Crippen LogP contribution in [0.3, 0.4) is 0 Å². The van der Waals surface area contributed by atoms with E-state index in [0.29, 0.717) is 16.9 Å². The molecule has 1 unspecified atom stereocenters. The number of Topliss-reactive ketones (excluding diaryl/α,β-unsaturated/α-hetero) is 1. The van der Waals surface area contributed by atoms with E-state index >= 15 is 0 Å². The molecule has 0 bridgehead atoms. The van der Waals surface area contributed by atoms with Gasteiger partial charge >= 0.3 is 5.97 Å². The Morgan fingerprint density at radius 3 is 2.86 bits per heavy atom. The zero-order chi connectivity index (χ0) is 19.7. The van der Waals surface area contributed by atoms with Crippen LogP contribution in [0.25, 0.3) is 10.1 Å². The number of phenols is 1. The van der Waals surface area contributed by atoms with Crippen molar-refractivity contribution >= 4 is 33.2 Å². The second-order valence-corrected chi connectivity index (χ2v) is 7.55. The van der Waals surface area contributed by atoms with Crippen molar-refractivity contribution in [2.75, 3.05) is 0 Å².